The number of ether oxygens (including phenoxy) is 3. The summed E-state index contributed by atoms with van der Waals surface area (Å²) in [4.78, 5) is 0. The summed E-state index contributed by atoms with van der Waals surface area (Å²) in [7, 11) is 0. The van der Waals surface area contributed by atoms with Crippen LogP contribution in [0.1, 0.15) is 106 Å². The molecule has 2 saturated heterocycles. The molecule has 10 heteroatoms. The molecule has 0 bridgehead atoms. The number of fused-ring (bicyclic) bond motifs is 2. The summed E-state index contributed by atoms with van der Waals surface area (Å²) in [5.74, 6) is 0.176. The fraction of sp³-hybridized carbons (Fsp3) is 1.00. The van der Waals surface area contributed by atoms with Crippen molar-refractivity contribution >= 4 is 0 Å². The van der Waals surface area contributed by atoms with Gasteiger partial charge in [0.25, 0.3) is 0 Å². The van der Waals surface area contributed by atoms with Gasteiger partial charge in [-0.25, -0.2) is 0 Å². The smallest absolute Gasteiger partial charge is 0.186 e. The summed E-state index contributed by atoms with van der Waals surface area (Å²) in [6, 6.07) is 0. The maximum atomic E-state index is 12.2. The van der Waals surface area contributed by atoms with E-state index < -0.39 is 66.1 Å². The zero-order valence-corrected chi connectivity index (χ0v) is 28.9. The van der Waals surface area contributed by atoms with Gasteiger partial charge in [0.05, 0.1) is 42.2 Å². The van der Waals surface area contributed by atoms with Crippen molar-refractivity contribution in [3.8, 4) is 0 Å². The molecular weight excluding hydrogens is 592 g/mol. The number of rotatable bonds is 5. The van der Waals surface area contributed by atoms with Crippen molar-refractivity contribution in [1.29, 1.82) is 0 Å². The summed E-state index contributed by atoms with van der Waals surface area (Å²) >= 11 is 0. The van der Waals surface area contributed by atoms with Crippen molar-refractivity contribution < 1.29 is 50.0 Å². The van der Waals surface area contributed by atoms with Crippen LogP contribution in [-0.2, 0) is 14.2 Å². The van der Waals surface area contributed by atoms with Gasteiger partial charge in [0.1, 0.15) is 24.4 Å². The van der Waals surface area contributed by atoms with Crippen molar-refractivity contribution in [2.75, 3.05) is 6.61 Å². The van der Waals surface area contributed by atoms with Crippen molar-refractivity contribution in [3.63, 3.8) is 0 Å². The summed E-state index contributed by atoms with van der Waals surface area (Å²) in [6.45, 7) is 14.3. The second-order valence-corrected chi connectivity index (χ2v) is 18.7. The third kappa shape index (κ3) is 4.24. The molecular formula is C36H60O10. The van der Waals surface area contributed by atoms with Crippen LogP contribution in [0.5, 0.6) is 0 Å². The van der Waals surface area contributed by atoms with E-state index in [4.69, 9.17) is 14.2 Å². The molecule has 0 aromatic heterocycles. The molecule has 5 saturated carbocycles. The maximum Gasteiger partial charge on any atom is 0.186 e. The molecule has 7 N–H and O–H groups in total. The third-order valence-electron chi connectivity index (χ3n) is 15.9. The Bertz CT molecular complexity index is 1200. The molecule has 0 amide bonds. The zero-order valence-electron chi connectivity index (χ0n) is 28.9. The maximum absolute atomic E-state index is 12.2. The summed E-state index contributed by atoms with van der Waals surface area (Å²) in [5, 5.41) is 75.9. The summed E-state index contributed by atoms with van der Waals surface area (Å²) in [5.41, 5.74) is -2.26. The first-order valence-electron chi connectivity index (χ1n) is 17.9. The fourth-order valence-electron chi connectivity index (χ4n) is 13.7. The second kappa shape index (κ2) is 10.3. The van der Waals surface area contributed by atoms with Crippen LogP contribution in [0.25, 0.3) is 0 Å². The van der Waals surface area contributed by atoms with Gasteiger partial charge >= 0.3 is 0 Å². The van der Waals surface area contributed by atoms with E-state index in [1.54, 1.807) is 0 Å². The van der Waals surface area contributed by atoms with Gasteiger partial charge in [-0.3, -0.25) is 0 Å². The van der Waals surface area contributed by atoms with Crippen LogP contribution in [-0.4, -0.2) is 109 Å². The highest BCUT2D eigenvalue weighted by molar-refractivity contribution is 5.33. The normalized spacial score (nSPS) is 59.3. The van der Waals surface area contributed by atoms with Gasteiger partial charge in [0, 0.05) is 5.92 Å². The van der Waals surface area contributed by atoms with E-state index in [1.807, 2.05) is 13.8 Å². The Morgan fingerprint density at radius 3 is 2.11 bits per heavy atom. The minimum atomic E-state index is -1.50. The fourth-order valence-corrected chi connectivity index (χ4v) is 13.7. The Hall–Kier alpha value is -0.400. The highest BCUT2D eigenvalue weighted by Crippen LogP contribution is 2.89. The predicted molar refractivity (Wildman–Crippen MR) is 167 cm³/mol. The lowest BCUT2D eigenvalue weighted by atomic mass is 9.41. The van der Waals surface area contributed by atoms with E-state index >= 15 is 0 Å². The van der Waals surface area contributed by atoms with Gasteiger partial charge in [-0.1, -0.05) is 27.7 Å². The molecule has 10 nitrogen and oxygen atoms in total. The van der Waals surface area contributed by atoms with Crippen LogP contribution >= 0.6 is 0 Å². The molecule has 0 aromatic carbocycles. The lowest BCUT2D eigenvalue weighted by Crippen LogP contribution is -2.64. The molecule has 2 heterocycles. The summed E-state index contributed by atoms with van der Waals surface area (Å²) in [6.07, 6.45) is -0.708. The van der Waals surface area contributed by atoms with Crippen LogP contribution in [0.2, 0.25) is 0 Å². The predicted octanol–water partition coefficient (Wildman–Crippen LogP) is 2.26. The van der Waals surface area contributed by atoms with Crippen molar-refractivity contribution in [1.82, 2.24) is 0 Å². The Morgan fingerprint density at radius 2 is 1.48 bits per heavy atom. The lowest BCUT2D eigenvalue weighted by molar-refractivity contribution is -0.329. The van der Waals surface area contributed by atoms with E-state index in [9.17, 15) is 35.7 Å². The van der Waals surface area contributed by atoms with E-state index in [1.165, 1.54) is 0 Å². The number of aliphatic hydroxyl groups is 7. The molecule has 7 rings (SSSR count). The molecule has 17 atom stereocenters. The Labute approximate surface area is 273 Å². The number of aliphatic hydroxyl groups excluding tert-OH is 6. The zero-order chi connectivity index (χ0) is 33.6. The minimum Gasteiger partial charge on any atom is -0.394 e. The van der Waals surface area contributed by atoms with Crippen LogP contribution < -0.4 is 0 Å². The van der Waals surface area contributed by atoms with Crippen LogP contribution in [0, 0.1) is 44.8 Å². The van der Waals surface area contributed by atoms with E-state index in [2.05, 4.69) is 34.6 Å². The van der Waals surface area contributed by atoms with E-state index in [0.717, 1.165) is 38.5 Å². The van der Waals surface area contributed by atoms with E-state index in [0.29, 0.717) is 19.3 Å². The minimum absolute atomic E-state index is 0.0295. The number of hydrogen-bond acceptors (Lipinski definition) is 10. The SMILES string of the molecule is CC(C)(O)[C@@H]1CC[C@](C)([C@@H]2[C@H](O)C[C@@]3(C)[C@@H]4C[C@H](O)[C@@H]5C(C)(C)[C@H](O[C@@H]6O[C@H](CO)[C@@H](O)[C@H](O)[C@H]6O)CC[C@]56C[C@]46CC[C@]23C)O1. The number of hydrogen-bond donors (Lipinski definition) is 7. The molecule has 7 fully saturated rings. The molecule has 2 aliphatic heterocycles. The molecule has 2 spiro atoms. The molecule has 0 aromatic rings. The Balaban J connectivity index is 1.15. The Morgan fingerprint density at radius 1 is 0.783 bits per heavy atom. The lowest BCUT2D eigenvalue weighted by Gasteiger charge is -2.64. The van der Waals surface area contributed by atoms with Crippen LogP contribution in [0.15, 0.2) is 0 Å². The first-order chi connectivity index (χ1) is 21.2. The topological polar surface area (TPSA) is 169 Å². The molecule has 0 unspecified atom stereocenters. The molecule has 46 heavy (non-hydrogen) atoms. The Kier molecular flexibility index (Phi) is 7.65. The largest absolute Gasteiger partial charge is 0.394 e. The second-order valence-electron chi connectivity index (χ2n) is 18.7. The monoisotopic (exact) mass is 652 g/mol. The van der Waals surface area contributed by atoms with Gasteiger partial charge in [-0.15, -0.1) is 0 Å². The first kappa shape index (κ1) is 34.1. The van der Waals surface area contributed by atoms with Crippen molar-refractivity contribution in [2.45, 2.75) is 173 Å². The molecule has 7 aliphatic rings. The van der Waals surface area contributed by atoms with Crippen LogP contribution in [0.3, 0.4) is 0 Å². The van der Waals surface area contributed by atoms with E-state index in [-0.39, 0.29) is 51.6 Å². The molecule has 5 aliphatic carbocycles. The van der Waals surface area contributed by atoms with Crippen molar-refractivity contribution in [3.05, 3.63) is 0 Å². The highest BCUT2D eigenvalue weighted by Gasteiger charge is 2.85. The van der Waals surface area contributed by atoms with Gasteiger partial charge in [-0.05, 0) is 117 Å². The third-order valence-corrected chi connectivity index (χ3v) is 15.9. The van der Waals surface area contributed by atoms with Gasteiger partial charge in [0.2, 0.25) is 0 Å². The average molecular weight is 653 g/mol. The quantitative estimate of drug-likeness (QED) is 0.219. The van der Waals surface area contributed by atoms with Crippen LogP contribution in [0.4, 0.5) is 0 Å². The average Bonchev–Trinajstić information content (AvgIpc) is 3.31. The highest BCUT2D eigenvalue weighted by atomic mass is 16.7. The van der Waals surface area contributed by atoms with Crippen molar-refractivity contribution in [2.24, 2.45) is 44.8 Å². The first-order valence-corrected chi connectivity index (χ1v) is 17.9. The standard InChI is InChI=1S/C36H60O10/c1-30(2)22(45-29-26(42)25(41)24(40)20(16-37)44-29)9-11-36-17-35(36)13-12-32(5)28(34(7)10-8-23(46-34)31(3,4)43)19(39)15-33(32,6)21(35)14-18(38)27(30)36/h18-29,37-43H,8-17H2,1-7H3/t18-,19+,20+,21-,22+,23-,24+,25-,26+,27+,28+,29-,32+,33-,34+,35+,36-/m0/s1. The van der Waals surface area contributed by atoms with Gasteiger partial charge < -0.3 is 50.0 Å². The molecule has 264 valence electrons. The summed E-state index contributed by atoms with van der Waals surface area (Å²) < 4.78 is 18.8. The van der Waals surface area contributed by atoms with Gasteiger partial charge in [0.15, 0.2) is 6.29 Å². The molecule has 0 radical (unpaired) electrons. The van der Waals surface area contributed by atoms with Gasteiger partial charge in [-0.2, -0.15) is 0 Å².